The molecule has 0 saturated carbocycles. The average Bonchev–Trinajstić information content (AvgIpc) is 2.63. The first-order valence-electron chi connectivity index (χ1n) is 7.96. The van der Waals surface area contributed by atoms with Crippen LogP contribution in [0.4, 0.5) is 17.2 Å². The Morgan fingerprint density at radius 1 is 1.00 bits per heavy atom. The summed E-state index contributed by atoms with van der Waals surface area (Å²) >= 11 is 0. The summed E-state index contributed by atoms with van der Waals surface area (Å²) < 4.78 is 5.40. The maximum Gasteiger partial charge on any atom is 0.263 e. The fourth-order valence-electron chi connectivity index (χ4n) is 2.28. The molecule has 0 aliphatic carbocycles. The predicted molar refractivity (Wildman–Crippen MR) is 99.3 cm³/mol. The van der Waals surface area contributed by atoms with E-state index in [9.17, 15) is 4.79 Å². The first kappa shape index (κ1) is 16.5. The molecule has 0 unspecified atom stereocenters. The van der Waals surface area contributed by atoms with E-state index in [-0.39, 0.29) is 12.5 Å². The van der Waals surface area contributed by atoms with Gasteiger partial charge in [-0.3, -0.25) is 4.79 Å². The Kier molecular flexibility index (Phi) is 5.26. The molecule has 1 heterocycles. The Balaban J connectivity index is 1.52. The van der Waals surface area contributed by atoms with Gasteiger partial charge in [0.15, 0.2) is 6.61 Å². The molecule has 0 bridgehead atoms. The highest BCUT2D eigenvalue weighted by molar-refractivity contribution is 5.91. The maximum absolute atomic E-state index is 11.9. The standard InChI is InChI=1S/C20H19N3O2/c1-15-6-5-7-16(12-15)22-17-10-11-19(21-13-17)23-20(24)14-25-18-8-3-2-4-9-18/h2-13,22H,14H2,1H3,(H,21,23,24). The highest BCUT2D eigenvalue weighted by Gasteiger charge is 2.05. The molecule has 5 nitrogen and oxygen atoms in total. The average molecular weight is 333 g/mol. The van der Waals surface area contributed by atoms with Gasteiger partial charge in [-0.15, -0.1) is 0 Å². The number of rotatable bonds is 6. The zero-order valence-electron chi connectivity index (χ0n) is 13.9. The predicted octanol–water partition coefficient (Wildman–Crippen LogP) is 4.15. The summed E-state index contributed by atoms with van der Waals surface area (Å²) in [5, 5.41) is 5.98. The van der Waals surface area contributed by atoms with Gasteiger partial charge < -0.3 is 15.4 Å². The van der Waals surface area contributed by atoms with Gasteiger partial charge in [0, 0.05) is 5.69 Å². The number of benzene rings is 2. The molecule has 3 rings (SSSR count). The van der Waals surface area contributed by atoms with Crippen LogP contribution >= 0.6 is 0 Å². The van der Waals surface area contributed by atoms with E-state index in [0.717, 1.165) is 11.4 Å². The van der Waals surface area contributed by atoms with Crippen LogP contribution in [0, 0.1) is 6.92 Å². The zero-order valence-corrected chi connectivity index (χ0v) is 13.9. The number of aromatic nitrogens is 1. The van der Waals surface area contributed by atoms with E-state index in [1.165, 1.54) is 5.56 Å². The smallest absolute Gasteiger partial charge is 0.263 e. The minimum atomic E-state index is -0.254. The maximum atomic E-state index is 11.9. The molecule has 25 heavy (non-hydrogen) atoms. The molecule has 2 N–H and O–H groups in total. The van der Waals surface area contributed by atoms with Crippen molar-refractivity contribution >= 4 is 23.1 Å². The van der Waals surface area contributed by atoms with Gasteiger partial charge in [0.1, 0.15) is 11.6 Å². The highest BCUT2D eigenvalue weighted by Crippen LogP contribution is 2.18. The summed E-state index contributed by atoms with van der Waals surface area (Å²) in [5.74, 6) is 0.885. The lowest BCUT2D eigenvalue weighted by atomic mass is 10.2. The number of aryl methyl sites for hydroxylation is 1. The lowest BCUT2D eigenvalue weighted by Gasteiger charge is -2.09. The van der Waals surface area contributed by atoms with Crippen LogP contribution in [0.3, 0.4) is 0 Å². The molecule has 0 spiro atoms. The van der Waals surface area contributed by atoms with Crippen molar-refractivity contribution in [2.75, 3.05) is 17.2 Å². The van der Waals surface area contributed by atoms with Crippen LogP contribution in [0.2, 0.25) is 0 Å². The summed E-state index contributed by atoms with van der Waals surface area (Å²) in [5.41, 5.74) is 3.03. The normalized spacial score (nSPS) is 10.1. The fourth-order valence-corrected chi connectivity index (χ4v) is 2.28. The molecule has 0 aliphatic heterocycles. The van der Waals surface area contributed by atoms with Gasteiger partial charge in [0.25, 0.3) is 5.91 Å². The number of nitrogens with one attached hydrogen (secondary N) is 2. The third-order valence-electron chi connectivity index (χ3n) is 3.45. The summed E-state index contributed by atoms with van der Waals surface area (Å²) in [6.07, 6.45) is 1.68. The molecule has 0 atom stereocenters. The van der Waals surface area contributed by atoms with Crippen molar-refractivity contribution in [2.24, 2.45) is 0 Å². The van der Waals surface area contributed by atoms with Crippen LogP contribution in [0.25, 0.3) is 0 Å². The topological polar surface area (TPSA) is 63.2 Å². The van der Waals surface area contributed by atoms with E-state index >= 15 is 0 Å². The van der Waals surface area contributed by atoms with Crippen molar-refractivity contribution < 1.29 is 9.53 Å². The molecule has 1 amide bonds. The molecular formula is C20H19N3O2. The van der Waals surface area contributed by atoms with Crippen LogP contribution < -0.4 is 15.4 Å². The van der Waals surface area contributed by atoms with Gasteiger partial charge in [-0.05, 0) is 48.9 Å². The van der Waals surface area contributed by atoms with Crippen LogP contribution in [0.15, 0.2) is 72.9 Å². The zero-order chi connectivity index (χ0) is 17.5. The van der Waals surface area contributed by atoms with Crippen LogP contribution in [-0.2, 0) is 4.79 Å². The van der Waals surface area contributed by atoms with Crippen molar-refractivity contribution in [3.63, 3.8) is 0 Å². The number of hydrogen-bond acceptors (Lipinski definition) is 4. The number of para-hydroxylation sites is 1. The van der Waals surface area contributed by atoms with Crippen molar-refractivity contribution in [3.8, 4) is 5.75 Å². The second-order valence-corrected chi connectivity index (χ2v) is 5.58. The number of carbonyl (C=O) groups is 1. The number of hydrogen-bond donors (Lipinski definition) is 2. The Morgan fingerprint density at radius 2 is 1.84 bits per heavy atom. The number of amides is 1. The summed E-state index contributed by atoms with van der Waals surface area (Å²) in [4.78, 5) is 16.1. The molecule has 3 aromatic rings. The Morgan fingerprint density at radius 3 is 2.56 bits per heavy atom. The van der Waals surface area contributed by atoms with E-state index in [2.05, 4.69) is 21.7 Å². The van der Waals surface area contributed by atoms with Crippen molar-refractivity contribution in [3.05, 3.63) is 78.5 Å². The van der Waals surface area contributed by atoms with Gasteiger partial charge in [-0.1, -0.05) is 30.3 Å². The molecular weight excluding hydrogens is 314 g/mol. The SMILES string of the molecule is Cc1cccc(Nc2ccc(NC(=O)COc3ccccc3)nc2)c1. The molecule has 5 heteroatoms. The molecule has 0 radical (unpaired) electrons. The minimum Gasteiger partial charge on any atom is -0.484 e. The van der Waals surface area contributed by atoms with Gasteiger partial charge in [0.05, 0.1) is 11.9 Å². The summed E-state index contributed by atoms with van der Waals surface area (Å²) in [6, 6.07) is 20.9. The lowest BCUT2D eigenvalue weighted by molar-refractivity contribution is -0.118. The lowest BCUT2D eigenvalue weighted by Crippen LogP contribution is -2.20. The summed E-state index contributed by atoms with van der Waals surface area (Å²) in [7, 11) is 0. The van der Waals surface area contributed by atoms with Gasteiger partial charge in [0.2, 0.25) is 0 Å². The minimum absolute atomic E-state index is 0.0605. The van der Waals surface area contributed by atoms with Crippen molar-refractivity contribution in [1.29, 1.82) is 0 Å². The van der Waals surface area contributed by atoms with E-state index in [1.54, 1.807) is 24.4 Å². The largest absolute Gasteiger partial charge is 0.484 e. The molecule has 0 saturated heterocycles. The van der Waals surface area contributed by atoms with E-state index < -0.39 is 0 Å². The van der Waals surface area contributed by atoms with E-state index in [1.807, 2.05) is 49.4 Å². The highest BCUT2D eigenvalue weighted by atomic mass is 16.5. The number of ether oxygens (including phenoxy) is 1. The molecule has 126 valence electrons. The molecule has 1 aromatic heterocycles. The Labute approximate surface area is 146 Å². The second kappa shape index (κ2) is 7.97. The summed E-state index contributed by atoms with van der Waals surface area (Å²) in [6.45, 7) is 1.98. The van der Waals surface area contributed by atoms with Crippen molar-refractivity contribution in [2.45, 2.75) is 6.92 Å². The Bertz CT molecular complexity index is 833. The number of pyridine rings is 1. The van der Waals surface area contributed by atoms with Gasteiger partial charge >= 0.3 is 0 Å². The molecule has 2 aromatic carbocycles. The van der Waals surface area contributed by atoms with Crippen LogP contribution in [-0.4, -0.2) is 17.5 Å². The third-order valence-corrected chi connectivity index (χ3v) is 3.45. The number of nitrogens with zero attached hydrogens (tertiary/aromatic N) is 1. The number of anilines is 3. The third kappa shape index (κ3) is 5.07. The first-order chi connectivity index (χ1) is 12.2. The number of carbonyl (C=O) groups excluding carboxylic acids is 1. The van der Waals surface area contributed by atoms with E-state index in [0.29, 0.717) is 11.6 Å². The fraction of sp³-hybridized carbons (Fsp3) is 0.100. The van der Waals surface area contributed by atoms with Crippen LogP contribution in [0.5, 0.6) is 5.75 Å². The van der Waals surface area contributed by atoms with Crippen molar-refractivity contribution in [1.82, 2.24) is 4.98 Å². The monoisotopic (exact) mass is 333 g/mol. The Hall–Kier alpha value is -3.34. The first-order valence-corrected chi connectivity index (χ1v) is 7.96. The second-order valence-electron chi connectivity index (χ2n) is 5.58. The van der Waals surface area contributed by atoms with Crippen LogP contribution in [0.1, 0.15) is 5.56 Å². The molecule has 0 fully saturated rings. The molecule has 0 aliphatic rings. The quantitative estimate of drug-likeness (QED) is 0.711. The van der Waals surface area contributed by atoms with E-state index in [4.69, 9.17) is 4.74 Å². The van der Waals surface area contributed by atoms with Gasteiger partial charge in [-0.2, -0.15) is 0 Å². The van der Waals surface area contributed by atoms with Gasteiger partial charge in [-0.25, -0.2) is 4.98 Å².